The van der Waals surface area contributed by atoms with Crippen molar-refractivity contribution in [3.05, 3.63) is 17.3 Å². The summed E-state index contributed by atoms with van der Waals surface area (Å²) >= 11 is 1.70. The first kappa shape index (κ1) is 14.3. The van der Waals surface area contributed by atoms with Crippen LogP contribution in [0.5, 0.6) is 0 Å². The predicted octanol–water partition coefficient (Wildman–Crippen LogP) is 2.30. The van der Waals surface area contributed by atoms with Crippen molar-refractivity contribution in [1.82, 2.24) is 14.9 Å². The Morgan fingerprint density at radius 2 is 2.05 bits per heavy atom. The summed E-state index contributed by atoms with van der Waals surface area (Å²) in [6.45, 7) is 3.86. The number of nitrogens with zero attached hydrogens (tertiary/aromatic N) is 4. The lowest BCUT2D eigenvalue weighted by Crippen LogP contribution is -2.40. The summed E-state index contributed by atoms with van der Waals surface area (Å²) in [4.78, 5) is 27.1. The van der Waals surface area contributed by atoms with E-state index >= 15 is 0 Å². The number of aryl methyl sites for hydroxylation is 1. The lowest BCUT2D eigenvalue weighted by Gasteiger charge is -2.33. The summed E-state index contributed by atoms with van der Waals surface area (Å²) in [6.07, 6.45) is 3.43. The van der Waals surface area contributed by atoms with E-state index in [2.05, 4.69) is 27.9 Å². The molecule has 0 bridgehead atoms. The topological polar surface area (TPSA) is 49.3 Å². The van der Waals surface area contributed by atoms with Crippen molar-refractivity contribution in [1.29, 1.82) is 0 Å². The first-order valence-electron chi connectivity index (χ1n) is 7.23. The SMILES string of the molecule is Cc1cc2c(N3CCC(C(=O)N(C)C)CC3)ncnc2s1. The molecule has 0 N–H and O–H groups in total. The zero-order valence-electron chi connectivity index (χ0n) is 12.7. The zero-order chi connectivity index (χ0) is 15.0. The molecule has 0 atom stereocenters. The quantitative estimate of drug-likeness (QED) is 0.854. The fourth-order valence-electron chi connectivity index (χ4n) is 2.92. The molecule has 0 unspecified atom stereocenters. The number of hydrogen-bond acceptors (Lipinski definition) is 5. The van der Waals surface area contributed by atoms with Gasteiger partial charge in [0.15, 0.2) is 0 Å². The van der Waals surface area contributed by atoms with E-state index < -0.39 is 0 Å². The first-order valence-corrected chi connectivity index (χ1v) is 8.05. The third-order valence-electron chi connectivity index (χ3n) is 4.02. The minimum atomic E-state index is 0.151. The van der Waals surface area contributed by atoms with Crippen LogP contribution >= 0.6 is 11.3 Å². The number of fused-ring (bicyclic) bond motifs is 1. The van der Waals surface area contributed by atoms with Gasteiger partial charge in [0.05, 0.1) is 5.39 Å². The molecule has 0 aromatic carbocycles. The molecule has 1 amide bonds. The fraction of sp³-hybridized carbons (Fsp3) is 0.533. The van der Waals surface area contributed by atoms with Gasteiger partial charge in [0.25, 0.3) is 0 Å². The van der Waals surface area contributed by atoms with Crippen molar-refractivity contribution < 1.29 is 4.79 Å². The lowest BCUT2D eigenvalue weighted by molar-refractivity contribution is -0.133. The largest absolute Gasteiger partial charge is 0.356 e. The highest BCUT2D eigenvalue weighted by atomic mass is 32.1. The molecule has 1 aliphatic heterocycles. The number of thiophene rings is 1. The Labute approximate surface area is 128 Å². The maximum absolute atomic E-state index is 12.0. The van der Waals surface area contributed by atoms with Gasteiger partial charge in [0.1, 0.15) is 17.0 Å². The van der Waals surface area contributed by atoms with Gasteiger partial charge in [-0.3, -0.25) is 4.79 Å². The Morgan fingerprint density at radius 1 is 1.33 bits per heavy atom. The number of carbonyl (C=O) groups is 1. The average molecular weight is 304 g/mol. The number of aromatic nitrogens is 2. The maximum atomic E-state index is 12.0. The third-order valence-corrected chi connectivity index (χ3v) is 4.97. The van der Waals surface area contributed by atoms with Crippen LogP contribution in [-0.2, 0) is 4.79 Å². The second kappa shape index (κ2) is 5.60. The van der Waals surface area contributed by atoms with Gasteiger partial charge >= 0.3 is 0 Å². The van der Waals surface area contributed by atoms with Gasteiger partial charge in [0, 0.05) is 38.0 Å². The van der Waals surface area contributed by atoms with Gasteiger partial charge in [-0.05, 0) is 25.8 Å². The van der Waals surface area contributed by atoms with E-state index in [1.807, 2.05) is 14.1 Å². The molecule has 3 rings (SSSR count). The van der Waals surface area contributed by atoms with Crippen LogP contribution in [0.2, 0.25) is 0 Å². The van der Waals surface area contributed by atoms with Gasteiger partial charge in [-0.25, -0.2) is 9.97 Å². The van der Waals surface area contributed by atoms with Gasteiger partial charge in [-0.1, -0.05) is 0 Å². The summed E-state index contributed by atoms with van der Waals surface area (Å²) in [5.74, 6) is 1.41. The number of carbonyl (C=O) groups excluding carboxylic acids is 1. The number of anilines is 1. The average Bonchev–Trinajstić information content (AvgIpc) is 2.86. The monoisotopic (exact) mass is 304 g/mol. The summed E-state index contributed by atoms with van der Waals surface area (Å²) < 4.78 is 0. The molecule has 0 spiro atoms. The maximum Gasteiger partial charge on any atom is 0.225 e. The van der Waals surface area contributed by atoms with Crippen LogP contribution in [-0.4, -0.2) is 48.0 Å². The zero-order valence-corrected chi connectivity index (χ0v) is 13.5. The molecule has 2 aromatic rings. The van der Waals surface area contributed by atoms with Crippen LogP contribution in [0.15, 0.2) is 12.4 Å². The molecular weight excluding hydrogens is 284 g/mol. The molecule has 1 aliphatic rings. The van der Waals surface area contributed by atoms with Gasteiger partial charge in [0.2, 0.25) is 5.91 Å². The van der Waals surface area contributed by atoms with Crippen molar-refractivity contribution in [3.8, 4) is 0 Å². The second-order valence-corrected chi connectivity index (χ2v) is 7.00. The minimum absolute atomic E-state index is 0.151. The Bertz CT molecular complexity index is 659. The molecule has 2 aromatic heterocycles. The van der Waals surface area contributed by atoms with Crippen LogP contribution in [0, 0.1) is 12.8 Å². The smallest absolute Gasteiger partial charge is 0.225 e. The Kier molecular flexibility index (Phi) is 3.80. The fourth-order valence-corrected chi connectivity index (χ4v) is 3.76. The van der Waals surface area contributed by atoms with Crippen molar-refractivity contribution >= 4 is 33.3 Å². The Balaban J connectivity index is 1.78. The van der Waals surface area contributed by atoms with Crippen molar-refractivity contribution in [2.24, 2.45) is 5.92 Å². The molecule has 5 nitrogen and oxygen atoms in total. The predicted molar refractivity (Wildman–Crippen MR) is 85.8 cm³/mol. The van der Waals surface area contributed by atoms with Crippen LogP contribution < -0.4 is 4.90 Å². The van der Waals surface area contributed by atoms with Gasteiger partial charge < -0.3 is 9.80 Å². The summed E-state index contributed by atoms with van der Waals surface area (Å²) in [5, 5.41) is 1.14. The Morgan fingerprint density at radius 3 is 2.71 bits per heavy atom. The Hall–Kier alpha value is -1.69. The number of amides is 1. The number of piperidine rings is 1. The standard InChI is InChI=1S/C15H20N4OS/c1-10-8-12-13(16-9-17-14(12)21-10)19-6-4-11(5-7-19)15(20)18(2)3/h8-9,11H,4-7H2,1-3H3. The molecule has 1 fully saturated rings. The van der Waals surface area contributed by atoms with Gasteiger partial charge in [-0.2, -0.15) is 0 Å². The van der Waals surface area contributed by atoms with Crippen LogP contribution in [0.4, 0.5) is 5.82 Å². The molecule has 21 heavy (non-hydrogen) atoms. The van der Waals surface area contributed by atoms with Crippen molar-refractivity contribution in [2.75, 3.05) is 32.1 Å². The summed E-state index contributed by atoms with van der Waals surface area (Å²) in [6, 6.07) is 2.16. The van der Waals surface area contributed by atoms with Crippen LogP contribution in [0.25, 0.3) is 10.2 Å². The number of rotatable bonds is 2. The molecular formula is C15H20N4OS. The van der Waals surface area contributed by atoms with E-state index in [9.17, 15) is 4.79 Å². The highest BCUT2D eigenvalue weighted by molar-refractivity contribution is 7.18. The molecule has 0 aliphatic carbocycles. The third kappa shape index (κ3) is 2.72. The van der Waals surface area contributed by atoms with E-state index in [0.29, 0.717) is 0 Å². The lowest BCUT2D eigenvalue weighted by atomic mass is 9.95. The van der Waals surface area contributed by atoms with E-state index in [4.69, 9.17) is 0 Å². The van der Waals surface area contributed by atoms with Crippen LogP contribution in [0.3, 0.4) is 0 Å². The molecule has 6 heteroatoms. The summed E-state index contributed by atoms with van der Waals surface area (Å²) in [7, 11) is 3.66. The highest BCUT2D eigenvalue weighted by Crippen LogP contribution is 2.32. The molecule has 1 saturated heterocycles. The highest BCUT2D eigenvalue weighted by Gasteiger charge is 2.27. The normalized spacial score (nSPS) is 16.4. The molecule has 0 saturated carbocycles. The summed E-state index contributed by atoms with van der Waals surface area (Å²) in [5.41, 5.74) is 0. The molecule has 3 heterocycles. The van der Waals surface area contributed by atoms with Crippen LogP contribution in [0.1, 0.15) is 17.7 Å². The minimum Gasteiger partial charge on any atom is -0.356 e. The van der Waals surface area contributed by atoms with Crippen molar-refractivity contribution in [3.63, 3.8) is 0 Å². The van der Waals surface area contributed by atoms with E-state index in [-0.39, 0.29) is 11.8 Å². The van der Waals surface area contributed by atoms with Crippen molar-refractivity contribution in [2.45, 2.75) is 19.8 Å². The molecule has 112 valence electrons. The van der Waals surface area contributed by atoms with E-state index in [0.717, 1.165) is 42.0 Å². The molecule has 0 radical (unpaired) electrons. The number of hydrogen-bond donors (Lipinski definition) is 0. The second-order valence-electron chi connectivity index (χ2n) is 5.77. The first-order chi connectivity index (χ1) is 10.1. The van der Waals surface area contributed by atoms with Gasteiger partial charge in [-0.15, -0.1) is 11.3 Å². The van der Waals surface area contributed by atoms with E-state index in [1.165, 1.54) is 4.88 Å². The van der Waals surface area contributed by atoms with E-state index in [1.54, 1.807) is 22.6 Å².